The van der Waals surface area contributed by atoms with E-state index in [4.69, 9.17) is 16.3 Å². The van der Waals surface area contributed by atoms with Crippen molar-refractivity contribution in [3.8, 4) is 0 Å². The van der Waals surface area contributed by atoms with Crippen LogP contribution < -0.4 is 0 Å². The normalized spacial score (nSPS) is 40.1. The highest BCUT2D eigenvalue weighted by atomic mass is 35.5. The maximum absolute atomic E-state index is 13.5. The number of rotatable bonds is 17. The van der Waals surface area contributed by atoms with E-state index < -0.39 is 17.1 Å². The number of carbonyl (C=O) groups excluding carboxylic acids is 4. The summed E-state index contributed by atoms with van der Waals surface area (Å²) < 4.78 is 6.33. The third kappa shape index (κ3) is 7.11. The first kappa shape index (κ1) is 38.9. The molecule has 6 aliphatic rings. The van der Waals surface area contributed by atoms with E-state index in [1.54, 1.807) is 6.92 Å². The molecule has 4 saturated carbocycles. The minimum Gasteiger partial charge on any atom is -0.450 e. The Morgan fingerprint density at radius 1 is 0.961 bits per heavy atom. The number of carbonyl (C=O) groups is 4. The molecule has 0 bridgehead atoms. The van der Waals surface area contributed by atoms with E-state index >= 15 is 0 Å². The molecule has 0 amide bonds. The molecule has 10 unspecified atom stereocenters. The molecular formula is C43H63ClO7. The van der Waals surface area contributed by atoms with Crippen LogP contribution in [0.5, 0.6) is 0 Å². The molecule has 0 radical (unpaired) electrons. The van der Waals surface area contributed by atoms with E-state index in [0.29, 0.717) is 42.6 Å². The van der Waals surface area contributed by atoms with Crippen LogP contribution in [-0.4, -0.2) is 51.3 Å². The van der Waals surface area contributed by atoms with Crippen molar-refractivity contribution in [2.24, 2.45) is 52.3 Å². The lowest BCUT2D eigenvalue weighted by molar-refractivity contribution is -0.187. The number of halogens is 1. The van der Waals surface area contributed by atoms with Crippen LogP contribution in [0.4, 0.5) is 0 Å². The molecule has 6 rings (SSSR count). The number of fused-ring (bicyclic) bond motifs is 7. The topological polar surface area (TPSA) is 118 Å². The van der Waals surface area contributed by atoms with Crippen LogP contribution in [0.3, 0.4) is 0 Å². The van der Waals surface area contributed by atoms with E-state index in [0.717, 1.165) is 89.0 Å². The fraction of sp³-hybridized carbons (Fsp3) is 0.814. The van der Waals surface area contributed by atoms with Crippen molar-refractivity contribution in [3.05, 3.63) is 22.8 Å². The summed E-state index contributed by atoms with van der Waals surface area (Å²) in [6.45, 7) is 8.23. The van der Waals surface area contributed by atoms with Crippen LogP contribution in [-0.2, 0) is 23.9 Å². The zero-order valence-corrected chi connectivity index (χ0v) is 32.4. The predicted octanol–water partition coefficient (Wildman–Crippen LogP) is 8.61. The standard InChI is InChI=1S/C43H63ClO7/c1-5-6-10-13-27(46)16-17-29-28(38(48)25-39(29)49)14-11-8-7-9-12-15-40(50)51-43(26(2)45)21-19-32-30-23-36(44)35-24-37(47)31-22-34(31)42(35,4)33(30)18-20-41(32,43)3/h23-24,27-34,39,46,49H,5-22,25H2,1-4H3/t27?,28-,29?,30?,31-,32?,33?,34?,39?,41?,42?,43?/m1/s1. The van der Waals surface area contributed by atoms with Crippen LogP contribution in [0, 0.1) is 52.3 Å². The number of aliphatic hydroxyl groups is 2. The van der Waals surface area contributed by atoms with Crippen LogP contribution in [0.15, 0.2) is 22.8 Å². The Kier molecular flexibility index (Phi) is 11.8. The molecule has 4 fully saturated rings. The molecule has 51 heavy (non-hydrogen) atoms. The minimum absolute atomic E-state index is 0.0548. The smallest absolute Gasteiger partial charge is 0.306 e. The maximum atomic E-state index is 13.5. The summed E-state index contributed by atoms with van der Waals surface area (Å²) >= 11 is 6.95. The number of aliphatic hydroxyl groups excluding tert-OH is 2. The Balaban J connectivity index is 0.971. The lowest BCUT2D eigenvalue weighted by Crippen LogP contribution is -2.58. The third-order valence-electron chi connectivity index (χ3n) is 15.2. The van der Waals surface area contributed by atoms with Crippen LogP contribution in [0.1, 0.15) is 150 Å². The zero-order valence-electron chi connectivity index (χ0n) is 31.6. The first-order valence-electron chi connectivity index (χ1n) is 20.5. The minimum atomic E-state index is -1.12. The number of unbranched alkanes of at least 4 members (excludes halogenated alkanes) is 6. The lowest BCUT2D eigenvalue weighted by atomic mass is 9.47. The lowest BCUT2D eigenvalue weighted by Gasteiger charge is -2.57. The van der Waals surface area contributed by atoms with Gasteiger partial charge in [-0.2, -0.15) is 0 Å². The van der Waals surface area contributed by atoms with Crippen molar-refractivity contribution in [1.82, 2.24) is 0 Å². The van der Waals surface area contributed by atoms with Gasteiger partial charge in [0.15, 0.2) is 17.2 Å². The monoisotopic (exact) mass is 726 g/mol. The van der Waals surface area contributed by atoms with Crippen molar-refractivity contribution in [3.63, 3.8) is 0 Å². The first-order valence-corrected chi connectivity index (χ1v) is 20.9. The Morgan fingerprint density at radius 3 is 2.43 bits per heavy atom. The molecule has 2 N–H and O–H groups in total. The van der Waals surface area contributed by atoms with E-state index in [-0.39, 0.29) is 77.3 Å². The molecule has 0 aromatic rings. The number of ether oxygens (including phenoxy) is 1. The largest absolute Gasteiger partial charge is 0.450 e. The van der Waals surface area contributed by atoms with Gasteiger partial charge in [-0.3, -0.25) is 19.2 Å². The molecule has 12 atom stereocenters. The summed E-state index contributed by atoms with van der Waals surface area (Å²) in [5.74, 6) is 1.06. The van der Waals surface area contributed by atoms with Gasteiger partial charge in [0.1, 0.15) is 5.78 Å². The van der Waals surface area contributed by atoms with Crippen LogP contribution in [0.2, 0.25) is 0 Å². The number of allylic oxidation sites excluding steroid dienone is 4. The maximum Gasteiger partial charge on any atom is 0.306 e. The van der Waals surface area contributed by atoms with Crippen molar-refractivity contribution in [1.29, 1.82) is 0 Å². The molecule has 0 heterocycles. The summed E-state index contributed by atoms with van der Waals surface area (Å²) in [4.78, 5) is 52.2. The van der Waals surface area contributed by atoms with Gasteiger partial charge in [0, 0.05) is 40.5 Å². The Hall–Kier alpha value is -1.83. The molecule has 8 heteroatoms. The molecule has 0 aromatic carbocycles. The average Bonchev–Trinajstić information content (AvgIpc) is 3.78. The summed E-state index contributed by atoms with van der Waals surface area (Å²) in [6, 6.07) is 0. The van der Waals surface area contributed by atoms with E-state index in [1.165, 1.54) is 0 Å². The second kappa shape index (κ2) is 15.5. The second-order valence-corrected chi connectivity index (χ2v) is 18.3. The fourth-order valence-corrected chi connectivity index (χ4v) is 12.5. The molecule has 7 nitrogen and oxygen atoms in total. The molecule has 0 aliphatic heterocycles. The van der Waals surface area contributed by atoms with Gasteiger partial charge in [0.2, 0.25) is 0 Å². The molecule has 0 aromatic heterocycles. The summed E-state index contributed by atoms with van der Waals surface area (Å²) in [6.07, 6.45) is 18.1. The highest BCUT2D eigenvalue weighted by Crippen LogP contribution is 2.72. The van der Waals surface area contributed by atoms with Gasteiger partial charge < -0.3 is 14.9 Å². The molecule has 6 aliphatic carbocycles. The fourth-order valence-electron chi connectivity index (χ4n) is 12.1. The van der Waals surface area contributed by atoms with E-state index in [1.807, 2.05) is 6.08 Å². The Bertz CT molecular complexity index is 1420. The van der Waals surface area contributed by atoms with Crippen molar-refractivity contribution in [2.75, 3.05) is 0 Å². The number of hydrogen-bond acceptors (Lipinski definition) is 7. The van der Waals surface area contributed by atoms with Gasteiger partial charge >= 0.3 is 5.97 Å². The van der Waals surface area contributed by atoms with Gasteiger partial charge in [-0.25, -0.2) is 0 Å². The number of esters is 1. The predicted molar refractivity (Wildman–Crippen MR) is 198 cm³/mol. The highest BCUT2D eigenvalue weighted by Gasteiger charge is 2.70. The average molecular weight is 727 g/mol. The van der Waals surface area contributed by atoms with Gasteiger partial charge in [0.05, 0.1) is 12.2 Å². The summed E-state index contributed by atoms with van der Waals surface area (Å²) in [5.41, 5.74) is -0.701. The van der Waals surface area contributed by atoms with E-state index in [2.05, 4.69) is 26.8 Å². The summed E-state index contributed by atoms with van der Waals surface area (Å²) in [7, 11) is 0. The van der Waals surface area contributed by atoms with Crippen LogP contribution >= 0.6 is 11.6 Å². The number of ketones is 3. The van der Waals surface area contributed by atoms with E-state index in [9.17, 15) is 29.4 Å². The molecular weight excluding hydrogens is 664 g/mol. The van der Waals surface area contributed by atoms with Crippen molar-refractivity contribution in [2.45, 2.75) is 167 Å². The SMILES string of the molecule is CCCCCC(O)CCC1C(O)CC(=O)[C@@H]1CCCCCCCC(=O)OC1(C(C)=O)CCC2C3C=C(Cl)C4=CC(=O)[C@@H]5CC5C4(C)C3CCC21C. The van der Waals surface area contributed by atoms with Gasteiger partial charge in [-0.1, -0.05) is 83.4 Å². The Morgan fingerprint density at radius 2 is 1.69 bits per heavy atom. The zero-order chi connectivity index (χ0) is 36.7. The molecule has 0 spiro atoms. The quantitative estimate of drug-likeness (QED) is 0.114. The van der Waals surface area contributed by atoms with Crippen molar-refractivity contribution < 1.29 is 34.1 Å². The van der Waals surface area contributed by atoms with Gasteiger partial charge in [-0.05, 0) is 112 Å². The Labute approximate surface area is 310 Å². The second-order valence-electron chi connectivity index (χ2n) is 17.9. The number of Topliss-reactive ketones (excluding diaryl/α,β-unsaturated/α-hetero) is 2. The van der Waals surface area contributed by atoms with Gasteiger partial charge in [0.25, 0.3) is 0 Å². The third-order valence-corrected chi connectivity index (χ3v) is 15.5. The number of hydrogen-bond donors (Lipinski definition) is 2. The van der Waals surface area contributed by atoms with Crippen molar-refractivity contribution >= 4 is 34.9 Å². The molecule has 0 saturated heterocycles. The van der Waals surface area contributed by atoms with Crippen LogP contribution in [0.25, 0.3) is 0 Å². The molecule has 284 valence electrons. The van der Waals surface area contributed by atoms with Gasteiger partial charge in [-0.15, -0.1) is 0 Å². The summed E-state index contributed by atoms with van der Waals surface area (Å²) in [5, 5.41) is 21.6. The highest BCUT2D eigenvalue weighted by molar-refractivity contribution is 6.32. The first-order chi connectivity index (χ1) is 24.3.